The fraction of sp³-hybridized carbons (Fsp3) is 0.500. The molecule has 0 saturated carbocycles. The Labute approximate surface area is 176 Å². The maximum absolute atomic E-state index is 11.6. The normalized spacial score (nSPS) is 14.8. The summed E-state index contributed by atoms with van der Waals surface area (Å²) in [5, 5.41) is 5.95. The van der Waals surface area contributed by atoms with Gasteiger partial charge in [-0.3, -0.25) is 15.1 Å². The molecule has 2 rings (SSSR count). The molecule has 0 aliphatic carbocycles. The maximum atomic E-state index is 11.6. The van der Waals surface area contributed by atoms with Crippen LogP contribution in [0.2, 0.25) is 0 Å². The standard InChI is InChI=1S/C18H26N4O4.HI/c1-19-17(22-10-8-14(9-11-22)16(23)25-2)20-12-13-4-6-15(7-5-13)21-18(24)26-3;/h4-7,14H,8-12H2,1-3H3,(H,19,20)(H,21,24);1H. The molecule has 1 aromatic rings. The van der Waals surface area contributed by atoms with Gasteiger partial charge in [0.2, 0.25) is 0 Å². The Hall–Kier alpha value is -2.04. The van der Waals surface area contributed by atoms with Crippen molar-refractivity contribution in [1.82, 2.24) is 10.2 Å². The third-order valence-electron chi connectivity index (χ3n) is 4.38. The lowest BCUT2D eigenvalue weighted by Crippen LogP contribution is -2.46. The molecule has 0 atom stereocenters. The zero-order valence-electron chi connectivity index (χ0n) is 15.9. The zero-order chi connectivity index (χ0) is 18.9. The molecule has 0 radical (unpaired) electrons. The van der Waals surface area contributed by atoms with E-state index in [4.69, 9.17) is 4.74 Å². The van der Waals surface area contributed by atoms with Gasteiger partial charge < -0.3 is 19.7 Å². The minimum absolute atomic E-state index is 0. The quantitative estimate of drug-likeness (QED) is 0.292. The van der Waals surface area contributed by atoms with Gasteiger partial charge in [0.05, 0.1) is 20.1 Å². The average Bonchev–Trinajstić information content (AvgIpc) is 2.69. The number of esters is 1. The lowest BCUT2D eigenvalue weighted by atomic mass is 9.97. The van der Waals surface area contributed by atoms with E-state index < -0.39 is 6.09 Å². The van der Waals surface area contributed by atoms with Crippen molar-refractivity contribution in [2.75, 3.05) is 39.7 Å². The van der Waals surface area contributed by atoms with Gasteiger partial charge in [0.25, 0.3) is 0 Å². The highest BCUT2D eigenvalue weighted by atomic mass is 127. The summed E-state index contributed by atoms with van der Waals surface area (Å²) in [6.07, 6.45) is 1.04. The molecular formula is C18H27IN4O4. The molecule has 1 aromatic carbocycles. The number of hydrogen-bond donors (Lipinski definition) is 2. The van der Waals surface area contributed by atoms with E-state index in [0.717, 1.165) is 37.5 Å². The molecule has 150 valence electrons. The summed E-state index contributed by atoms with van der Waals surface area (Å²) in [5.74, 6) is 0.655. The van der Waals surface area contributed by atoms with Gasteiger partial charge in [0, 0.05) is 32.4 Å². The number of piperidine rings is 1. The number of carbonyl (C=O) groups excluding carboxylic acids is 2. The number of guanidine groups is 1. The van der Waals surface area contributed by atoms with E-state index in [1.54, 1.807) is 7.05 Å². The smallest absolute Gasteiger partial charge is 0.411 e. The number of ether oxygens (including phenoxy) is 2. The predicted octanol–water partition coefficient (Wildman–Crippen LogP) is 2.44. The SMILES string of the molecule is CN=C(NCc1ccc(NC(=O)OC)cc1)N1CCC(C(=O)OC)CC1.I. The van der Waals surface area contributed by atoms with Crippen molar-refractivity contribution in [2.45, 2.75) is 19.4 Å². The number of halogens is 1. The monoisotopic (exact) mass is 490 g/mol. The van der Waals surface area contributed by atoms with Crippen molar-refractivity contribution in [2.24, 2.45) is 10.9 Å². The number of methoxy groups -OCH3 is 2. The molecular weight excluding hydrogens is 463 g/mol. The Kier molecular flexibility index (Phi) is 9.90. The number of likely N-dealkylation sites (tertiary alicyclic amines) is 1. The molecule has 1 fully saturated rings. The van der Waals surface area contributed by atoms with Crippen molar-refractivity contribution in [3.8, 4) is 0 Å². The van der Waals surface area contributed by atoms with E-state index >= 15 is 0 Å². The Morgan fingerprint density at radius 2 is 1.78 bits per heavy atom. The molecule has 1 heterocycles. The number of nitrogens with one attached hydrogen (secondary N) is 2. The highest BCUT2D eigenvalue weighted by Crippen LogP contribution is 2.18. The summed E-state index contributed by atoms with van der Waals surface area (Å²) in [6, 6.07) is 7.49. The number of nitrogens with zero attached hydrogens (tertiary/aromatic N) is 2. The van der Waals surface area contributed by atoms with Crippen LogP contribution in [-0.4, -0.2) is 57.3 Å². The summed E-state index contributed by atoms with van der Waals surface area (Å²) in [5.41, 5.74) is 1.74. The Morgan fingerprint density at radius 3 is 2.30 bits per heavy atom. The Balaban J connectivity index is 0.00000364. The molecule has 0 unspecified atom stereocenters. The molecule has 1 aliphatic rings. The second-order valence-electron chi connectivity index (χ2n) is 6.00. The van der Waals surface area contributed by atoms with Gasteiger partial charge in [-0.1, -0.05) is 12.1 Å². The van der Waals surface area contributed by atoms with Crippen LogP contribution in [0.25, 0.3) is 0 Å². The first-order valence-corrected chi connectivity index (χ1v) is 8.54. The summed E-state index contributed by atoms with van der Waals surface area (Å²) < 4.78 is 9.38. The third kappa shape index (κ3) is 6.89. The van der Waals surface area contributed by atoms with Crippen LogP contribution in [0.1, 0.15) is 18.4 Å². The second-order valence-corrected chi connectivity index (χ2v) is 6.00. The molecule has 1 saturated heterocycles. The van der Waals surface area contributed by atoms with Gasteiger partial charge in [-0.25, -0.2) is 4.79 Å². The van der Waals surface area contributed by atoms with E-state index in [1.165, 1.54) is 14.2 Å². The number of anilines is 1. The van der Waals surface area contributed by atoms with Gasteiger partial charge in [-0.05, 0) is 30.5 Å². The topological polar surface area (TPSA) is 92.3 Å². The number of benzene rings is 1. The predicted molar refractivity (Wildman–Crippen MR) is 114 cm³/mol. The van der Waals surface area contributed by atoms with Crippen LogP contribution in [0.3, 0.4) is 0 Å². The van der Waals surface area contributed by atoms with Crippen LogP contribution >= 0.6 is 24.0 Å². The van der Waals surface area contributed by atoms with Crippen LogP contribution in [0.5, 0.6) is 0 Å². The van der Waals surface area contributed by atoms with Crippen molar-refractivity contribution in [3.05, 3.63) is 29.8 Å². The molecule has 2 N–H and O–H groups in total. The first-order valence-electron chi connectivity index (χ1n) is 8.54. The zero-order valence-corrected chi connectivity index (χ0v) is 18.2. The van der Waals surface area contributed by atoms with Crippen LogP contribution in [0.4, 0.5) is 10.5 Å². The van der Waals surface area contributed by atoms with E-state index in [1.807, 2.05) is 24.3 Å². The van der Waals surface area contributed by atoms with Crippen LogP contribution < -0.4 is 10.6 Å². The molecule has 1 amide bonds. The highest BCUT2D eigenvalue weighted by molar-refractivity contribution is 14.0. The fourth-order valence-corrected chi connectivity index (χ4v) is 2.88. The number of aliphatic imine (C=N–C) groups is 1. The number of amides is 1. The van der Waals surface area contributed by atoms with Crippen molar-refractivity contribution >= 4 is 47.7 Å². The van der Waals surface area contributed by atoms with Gasteiger partial charge in [0.15, 0.2) is 5.96 Å². The van der Waals surface area contributed by atoms with Crippen LogP contribution in [0.15, 0.2) is 29.3 Å². The second kappa shape index (κ2) is 11.6. The first kappa shape index (κ1) is 23.0. The van der Waals surface area contributed by atoms with Gasteiger partial charge in [-0.2, -0.15) is 0 Å². The van der Waals surface area contributed by atoms with Gasteiger partial charge in [-0.15, -0.1) is 24.0 Å². The molecule has 0 spiro atoms. The molecule has 8 nitrogen and oxygen atoms in total. The summed E-state index contributed by atoms with van der Waals surface area (Å²) in [6.45, 7) is 2.14. The lowest BCUT2D eigenvalue weighted by Gasteiger charge is -2.33. The third-order valence-corrected chi connectivity index (χ3v) is 4.38. The van der Waals surface area contributed by atoms with Crippen LogP contribution in [-0.2, 0) is 20.8 Å². The minimum atomic E-state index is -0.494. The summed E-state index contributed by atoms with van der Waals surface area (Å²) in [4.78, 5) is 29.3. The van der Waals surface area contributed by atoms with Crippen molar-refractivity contribution in [3.63, 3.8) is 0 Å². The largest absolute Gasteiger partial charge is 0.469 e. The molecule has 9 heteroatoms. The average molecular weight is 490 g/mol. The molecule has 0 aromatic heterocycles. The minimum Gasteiger partial charge on any atom is -0.469 e. The molecule has 0 bridgehead atoms. The number of hydrogen-bond acceptors (Lipinski definition) is 5. The van der Waals surface area contributed by atoms with E-state index in [-0.39, 0.29) is 35.9 Å². The van der Waals surface area contributed by atoms with Gasteiger partial charge in [0.1, 0.15) is 0 Å². The summed E-state index contributed by atoms with van der Waals surface area (Å²) >= 11 is 0. The van der Waals surface area contributed by atoms with E-state index in [2.05, 4.69) is 25.3 Å². The number of rotatable bonds is 4. The maximum Gasteiger partial charge on any atom is 0.411 e. The van der Waals surface area contributed by atoms with Crippen LogP contribution in [0, 0.1) is 5.92 Å². The Morgan fingerprint density at radius 1 is 1.15 bits per heavy atom. The first-order chi connectivity index (χ1) is 12.6. The van der Waals surface area contributed by atoms with Gasteiger partial charge >= 0.3 is 12.1 Å². The fourth-order valence-electron chi connectivity index (χ4n) is 2.88. The molecule has 27 heavy (non-hydrogen) atoms. The van der Waals surface area contributed by atoms with Crippen molar-refractivity contribution in [1.29, 1.82) is 0 Å². The lowest BCUT2D eigenvalue weighted by molar-refractivity contribution is -0.146. The summed E-state index contributed by atoms with van der Waals surface area (Å²) in [7, 11) is 4.51. The van der Waals surface area contributed by atoms with E-state index in [9.17, 15) is 9.59 Å². The highest BCUT2D eigenvalue weighted by Gasteiger charge is 2.26. The van der Waals surface area contributed by atoms with E-state index in [0.29, 0.717) is 12.2 Å². The number of carbonyl (C=O) groups is 2. The Bertz CT molecular complexity index is 643. The molecule has 1 aliphatic heterocycles. The van der Waals surface area contributed by atoms with Crippen molar-refractivity contribution < 1.29 is 19.1 Å².